The Labute approximate surface area is 328 Å². The van der Waals surface area contributed by atoms with Crippen LogP contribution in [0, 0.1) is 0 Å². The van der Waals surface area contributed by atoms with Crippen molar-refractivity contribution in [2.75, 3.05) is 0 Å². The predicted octanol–water partition coefficient (Wildman–Crippen LogP) is 13.6. The summed E-state index contributed by atoms with van der Waals surface area (Å²) in [5.41, 5.74) is 16.7. The van der Waals surface area contributed by atoms with Crippen molar-refractivity contribution >= 4 is 76.2 Å². The van der Waals surface area contributed by atoms with Crippen molar-refractivity contribution in [2.45, 2.75) is 12.8 Å². The third kappa shape index (κ3) is 4.26. The molecule has 3 aromatic heterocycles. The maximum Gasteiger partial charge on any atom is 0.0792 e. The van der Waals surface area contributed by atoms with Gasteiger partial charge in [-0.25, -0.2) is 0 Å². The number of fused-ring (bicyclic) bond motifs is 15. The van der Waals surface area contributed by atoms with E-state index in [1.54, 1.807) is 0 Å². The molecule has 0 amide bonds. The molecular weight excluding hydrogens is 691 g/mol. The Morgan fingerprint density at radius 3 is 1.28 bits per heavy atom. The molecule has 0 N–H and O–H groups in total. The van der Waals surface area contributed by atoms with Crippen molar-refractivity contribution in [3.8, 4) is 17.1 Å². The van der Waals surface area contributed by atoms with Gasteiger partial charge in [-0.05, 0) is 107 Å². The largest absolute Gasteiger partial charge is 0.309 e. The summed E-state index contributed by atoms with van der Waals surface area (Å²) in [4.78, 5) is 0. The molecule has 57 heavy (non-hydrogen) atoms. The van der Waals surface area contributed by atoms with Crippen molar-refractivity contribution in [3.05, 3.63) is 210 Å². The molecule has 0 spiro atoms. The van der Waals surface area contributed by atoms with Crippen molar-refractivity contribution in [3.63, 3.8) is 0 Å². The van der Waals surface area contributed by atoms with Crippen LogP contribution < -0.4 is 0 Å². The Morgan fingerprint density at radius 1 is 0.298 bits per heavy atom. The zero-order chi connectivity index (χ0) is 37.2. The molecule has 3 nitrogen and oxygen atoms in total. The van der Waals surface area contributed by atoms with Gasteiger partial charge in [0.25, 0.3) is 0 Å². The molecule has 3 heteroatoms. The standard InChI is InChI=1S/C54H35N3/c1-3-17-38(18-4-1)55-47-24-12-9-21-41(47)44-33-40(27-28-50(44)55)57-49-26-14-11-23-43(49)52-46-32-37-30-35-16-8-7-15-34(35)29-36(37)31-45(46)51-42-22-10-13-25-48(42)56(53(51)54(52)57)39-19-5-2-6-20-39/h1-30,33H,31-32H2. The number of hydrogen-bond donors (Lipinski definition) is 0. The molecule has 1 aliphatic rings. The predicted molar refractivity (Wildman–Crippen MR) is 239 cm³/mol. The average molecular weight is 726 g/mol. The van der Waals surface area contributed by atoms with Gasteiger partial charge in [0.1, 0.15) is 0 Å². The Kier molecular flexibility index (Phi) is 6.28. The molecule has 0 fully saturated rings. The number of hydrogen-bond acceptors (Lipinski definition) is 0. The van der Waals surface area contributed by atoms with Crippen LogP contribution in [0.15, 0.2) is 188 Å². The van der Waals surface area contributed by atoms with Gasteiger partial charge in [0.05, 0.1) is 33.1 Å². The highest BCUT2D eigenvalue weighted by molar-refractivity contribution is 6.26. The van der Waals surface area contributed by atoms with Crippen LogP contribution >= 0.6 is 0 Å². The molecule has 0 atom stereocenters. The lowest BCUT2D eigenvalue weighted by Gasteiger charge is -2.24. The minimum Gasteiger partial charge on any atom is -0.309 e. The third-order valence-corrected chi connectivity index (χ3v) is 12.7. The molecule has 0 bridgehead atoms. The van der Waals surface area contributed by atoms with Gasteiger partial charge >= 0.3 is 0 Å². The smallest absolute Gasteiger partial charge is 0.0792 e. The first-order chi connectivity index (χ1) is 28.3. The Bertz CT molecular complexity index is 3620. The highest BCUT2D eigenvalue weighted by atomic mass is 15.0. The second-order valence-electron chi connectivity index (χ2n) is 15.7. The molecule has 9 aromatic carbocycles. The monoisotopic (exact) mass is 725 g/mol. The van der Waals surface area contributed by atoms with E-state index in [-0.39, 0.29) is 0 Å². The summed E-state index contributed by atoms with van der Waals surface area (Å²) in [6.45, 7) is 0. The fourth-order valence-electron chi connectivity index (χ4n) is 10.3. The van der Waals surface area contributed by atoms with Gasteiger partial charge < -0.3 is 13.7 Å². The molecule has 0 saturated heterocycles. The lowest BCUT2D eigenvalue weighted by molar-refractivity contribution is 1.03. The van der Waals surface area contributed by atoms with Crippen molar-refractivity contribution < 1.29 is 0 Å². The van der Waals surface area contributed by atoms with Gasteiger partial charge in [0, 0.05) is 49.4 Å². The number of para-hydroxylation sites is 5. The minimum atomic E-state index is 0.893. The van der Waals surface area contributed by atoms with Gasteiger partial charge in [0.2, 0.25) is 0 Å². The maximum atomic E-state index is 2.58. The van der Waals surface area contributed by atoms with Crippen molar-refractivity contribution in [2.24, 2.45) is 0 Å². The number of benzene rings is 9. The van der Waals surface area contributed by atoms with E-state index in [0.29, 0.717) is 0 Å². The lowest BCUT2D eigenvalue weighted by atomic mass is 9.80. The average Bonchev–Trinajstić information content (AvgIpc) is 3.92. The molecule has 0 aliphatic heterocycles. The van der Waals surface area contributed by atoms with Gasteiger partial charge in [-0.15, -0.1) is 0 Å². The van der Waals surface area contributed by atoms with Gasteiger partial charge in [0.15, 0.2) is 0 Å². The van der Waals surface area contributed by atoms with Gasteiger partial charge in [-0.3, -0.25) is 0 Å². The first-order valence-corrected chi connectivity index (χ1v) is 20.0. The number of rotatable bonds is 3. The van der Waals surface area contributed by atoms with Crippen LogP contribution in [0.25, 0.3) is 93.3 Å². The van der Waals surface area contributed by atoms with E-state index in [1.165, 1.54) is 110 Å². The van der Waals surface area contributed by atoms with Crippen LogP contribution in [0.1, 0.15) is 22.3 Å². The van der Waals surface area contributed by atoms with Gasteiger partial charge in [-0.1, -0.05) is 127 Å². The molecular formula is C54H35N3. The number of aromatic nitrogens is 3. The Morgan fingerprint density at radius 2 is 0.719 bits per heavy atom. The maximum absolute atomic E-state index is 2.58. The van der Waals surface area contributed by atoms with E-state index in [4.69, 9.17) is 0 Å². The second-order valence-corrected chi connectivity index (χ2v) is 15.7. The van der Waals surface area contributed by atoms with E-state index in [1.807, 2.05) is 0 Å². The summed E-state index contributed by atoms with van der Waals surface area (Å²) in [7, 11) is 0. The zero-order valence-corrected chi connectivity index (χ0v) is 31.2. The third-order valence-electron chi connectivity index (χ3n) is 12.7. The van der Waals surface area contributed by atoms with Gasteiger partial charge in [-0.2, -0.15) is 0 Å². The Hall–Kier alpha value is -7.36. The molecule has 1 aliphatic carbocycles. The SMILES string of the molecule is c1ccc(-n2c3ccccc3c3cc(-n4c5ccccc5c5c6c(c7c8ccccc8n(-c8ccccc8)c7c54)Cc4cc5ccccc5cc4C6)ccc32)cc1. The van der Waals surface area contributed by atoms with E-state index in [0.717, 1.165) is 18.5 Å². The van der Waals surface area contributed by atoms with Crippen LogP contribution in [-0.2, 0) is 12.8 Å². The molecule has 0 radical (unpaired) electrons. The minimum absolute atomic E-state index is 0.893. The van der Waals surface area contributed by atoms with E-state index >= 15 is 0 Å². The first kappa shape index (κ1) is 30.9. The summed E-state index contributed by atoms with van der Waals surface area (Å²) in [5.74, 6) is 0. The molecule has 0 saturated carbocycles. The number of nitrogens with zero attached hydrogens (tertiary/aromatic N) is 3. The molecule has 3 heterocycles. The topological polar surface area (TPSA) is 14.8 Å². The quantitative estimate of drug-likeness (QED) is 0.172. The van der Waals surface area contributed by atoms with Crippen molar-refractivity contribution in [1.82, 2.24) is 13.7 Å². The molecule has 266 valence electrons. The fourth-order valence-corrected chi connectivity index (χ4v) is 10.3. The highest BCUT2D eigenvalue weighted by Gasteiger charge is 2.30. The summed E-state index contributed by atoms with van der Waals surface area (Å²) in [5, 5.41) is 10.4. The highest BCUT2D eigenvalue weighted by Crippen LogP contribution is 2.49. The van der Waals surface area contributed by atoms with Crippen LogP contribution in [0.2, 0.25) is 0 Å². The summed E-state index contributed by atoms with van der Waals surface area (Å²) >= 11 is 0. The fraction of sp³-hybridized carbons (Fsp3) is 0.0370. The van der Waals surface area contributed by atoms with Crippen LogP contribution in [-0.4, -0.2) is 13.7 Å². The molecule has 13 rings (SSSR count). The normalized spacial score (nSPS) is 12.8. The first-order valence-electron chi connectivity index (χ1n) is 20.0. The Balaban J connectivity index is 1.21. The summed E-state index contributed by atoms with van der Waals surface area (Å²) in [6.07, 6.45) is 1.79. The summed E-state index contributed by atoms with van der Waals surface area (Å²) < 4.78 is 7.53. The summed E-state index contributed by atoms with van der Waals surface area (Å²) in [6, 6.07) is 69.6. The zero-order valence-electron chi connectivity index (χ0n) is 31.2. The van der Waals surface area contributed by atoms with Crippen LogP contribution in [0.3, 0.4) is 0 Å². The van der Waals surface area contributed by atoms with Crippen LogP contribution in [0.4, 0.5) is 0 Å². The van der Waals surface area contributed by atoms with Crippen molar-refractivity contribution in [1.29, 1.82) is 0 Å². The second kappa shape index (κ2) is 11.6. The molecule has 0 unspecified atom stereocenters. The lowest BCUT2D eigenvalue weighted by Crippen LogP contribution is -2.10. The van der Waals surface area contributed by atoms with E-state index in [2.05, 4.69) is 202 Å². The van der Waals surface area contributed by atoms with Crippen LogP contribution in [0.5, 0.6) is 0 Å². The van der Waals surface area contributed by atoms with E-state index < -0.39 is 0 Å². The van der Waals surface area contributed by atoms with E-state index in [9.17, 15) is 0 Å². The molecule has 12 aromatic rings.